The third-order valence-electron chi connectivity index (χ3n) is 3.24. The molecule has 0 aliphatic carbocycles. The molecule has 124 valence electrons. The smallest absolute Gasteiger partial charge is 0.251 e. The lowest BCUT2D eigenvalue weighted by Crippen LogP contribution is -2.24. The van der Waals surface area contributed by atoms with Crippen molar-refractivity contribution >= 4 is 16.2 Å². The summed E-state index contributed by atoms with van der Waals surface area (Å²) < 4.78 is 10.1. The second kappa shape index (κ2) is 8.86. The Hall–Kier alpha value is -1.46. The van der Waals surface area contributed by atoms with Crippen LogP contribution in [0, 0.1) is 0 Å². The van der Waals surface area contributed by atoms with Gasteiger partial charge in [-0.1, -0.05) is 12.6 Å². The molecule has 1 amide bonds. The normalized spacial score (nSPS) is 11.8. The van der Waals surface area contributed by atoms with Crippen molar-refractivity contribution in [1.82, 2.24) is 10.6 Å². The van der Waals surface area contributed by atoms with Gasteiger partial charge in [0.1, 0.15) is 0 Å². The summed E-state index contributed by atoms with van der Waals surface area (Å²) in [6, 6.07) is 7.24. The Morgan fingerprint density at radius 3 is 2.41 bits per heavy atom. The summed E-state index contributed by atoms with van der Waals surface area (Å²) in [4.78, 5) is 12.9. The van der Waals surface area contributed by atoms with E-state index in [4.69, 9.17) is 0 Å². The van der Waals surface area contributed by atoms with Crippen molar-refractivity contribution in [2.75, 3.05) is 25.6 Å². The van der Waals surface area contributed by atoms with E-state index in [-0.39, 0.29) is 5.91 Å². The lowest BCUT2D eigenvalue weighted by molar-refractivity contribution is 0.0952. The molecule has 0 aliphatic rings. The van der Waals surface area contributed by atoms with Crippen molar-refractivity contribution in [3.63, 3.8) is 0 Å². The number of rotatable bonds is 9. The van der Waals surface area contributed by atoms with Gasteiger partial charge >= 0.3 is 0 Å². The van der Waals surface area contributed by atoms with E-state index in [2.05, 4.69) is 17.2 Å². The Labute approximate surface area is 135 Å². The number of carbonyl (C=O) groups is 1. The Morgan fingerprint density at radius 2 is 1.82 bits per heavy atom. The maximum absolute atomic E-state index is 12.1. The molecule has 4 nitrogen and oxygen atoms in total. The monoisotopic (exact) mass is 324 g/mol. The Morgan fingerprint density at radius 1 is 1.18 bits per heavy atom. The van der Waals surface area contributed by atoms with E-state index in [0.29, 0.717) is 12.1 Å². The average Bonchev–Trinajstić information content (AvgIpc) is 2.45. The SMILES string of the molecule is C=C(C)NCCCCCNC(=O)c1cccc(S(C)(C)O)c1. The van der Waals surface area contributed by atoms with Gasteiger partial charge in [0.25, 0.3) is 5.91 Å². The molecule has 0 saturated heterocycles. The molecule has 0 heterocycles. The number of hydrogen-bond acceptors (Lipinski definition) is 3. The number of benzene rings is 1. The van der Waals surface area contributed by atoms with Crippen LogP contribution in [0.15, 0.2) is 41.4 Å². The van der Waals surface area contributed by atoms with Gasteiger partial charge < -0.3 is 15.2 Å². The first-order chi connectivity index (χ1) is 10.3. The van der Waals surface area contributed by atoms with E-state index in [1.54, 1.807) is 24.6 Å². The van der Waals surface area contributed by atoms with Crippen LogP contribution in [0.2, 0.25) is 0 Å². The number of unbranched alkanes of at least 4 members (excludes halogenated alkanes) is 2. The Balaban J connectivity index is 2.33. The zero-order chi connectivity index (χ0) is 16.6. The fourth-order valence-electron chi connectivity index (χ4n) is 1.98. The van der Waals surface area contributed by atoms with Crippen molar-refractivity contribution in [1.29, 1.82) is 0 Å². The molecule has 0 fully saturated rings. The van der Waals surface area contributed by atoms with Crippen LogP contribution < -0.4 is 10.6 Å². The summed E-state index contributed by atoms with van der Waals surface area (Å²) in [5.41, 5.74) is 1.60. The summed E-state index contributed by atoms with van der Waals surface area (Å²) >= 11 is 0. The van der Waals surface area contributed by atoms with Crippen LogP contribution in [0.1, 0.15) is 36.5 Å². The highest BCUT2D eigenvalue weighted by Gasteiger charge is 2.12. The number of carbonyl (C=O) groups excluding carboxylic acids is 1. The molecule has 0 bridgehead atoms. The van der Waals surface area contributed by atoms with E-state index < -0.39 is 10.3 Å². The predicted octanol–water partition coefficient (Wildman–Crippen LogP) is 3.61. The van der Waals surface area contributed by atoms with Gasteiger partial charge in [0.05, 0.1) is 0 Å². The van der Waals surface area contributed by atoms with Gasteiger partial charge in [0, 0.05) is 29.2 Å². The predicted molar refractivity (Wildman–Crippen MR) is 95.8 cm³/mol. The Bertz CT molecular complexity index is 510. The number of nitrogens with one attached hydrogen (secondary N) is 2. The van der Waals surface area contributed by atoms with E-state index in [1.165, 1.54) is 0 Å². The van der Waals surface area contributed by atoms with E-state index in [9.17, 15) is 9.35 Å². The summed E-state index contributed by atoms with van der Waals surface area (Å²) in [5, 5.41) is 6.12. The summed E-state index contributed by atoms with van der Waals surface area (Å²) in [7, 11) is -1.80. The van der Waals surface area contributed by atoms with Crippen molar-refractivity contribution in [2.24, 2.45) is 0 Å². The first kappa shape index (κ1) is 18.6. The zero-order valence-corrected chi connectivity index (χ0v) is 14.6. The minimum Gasteiger partial charge on any atom is -0.389 e. The molecule has 0 radical (unpaired) electrons. The maximum Gasteiger partial charge on any atom is 0.251 e. The highest BCUT2D eigenvalue weighted by molar-refractivity contribution is 8.28. The maximum atomic E-state index is 12.1. The van der Waals surface area contributed by atoms with E-state index in [0.717, 1.165) is 36.4 Å². The molecule has 0 unspecified atom stereocenters. The van der Waals surface area contributed by atoms with Gasteiger partial charge in [0.15, 0.2) is 0 Å². The summed E-state index contributed by atoms with van der Waals surface area (Å²) in [6.07, 6.45) is 6.68. The molecule has 0 spiro atoms. The number of allylic oxidation sites excluding steroid dienone is 1. The standard InChI is InChI=1S/C17H28N2O2S/c1-14(2)18-11-6-5-7-12-19-17(20)15-9-8-10-16(13-15)22(3,4)21/h8-10,13,18,21H,1,5-7,11-12H2,2-4H3,(H,19,20). The van der Waals surface area contributed by atoms with Crippen molar-refractivity contribution in [3.05, 3.63) is 42.1 Å². The Kier molecular flexibility index (Phi) is 7.48. The molecule has 0 saturated carbocycles. The van der Waals surface area contributed by atoms with Crippen molar-refractivity contribution < 1.29 is 9.35 Å². The first-order valence-electron chi connectivity index (χ1n) is 7.54. The van der Waals surface area contributed by atoms with Gasteiger partial charge in [-0.2, -0.15) is 0 Å². The van der Waals surface area contributed by atoms with Gasteiger partial charge in [0.2, 0.25) is 0 Å². The van der Waals surface area contributed by atoms with Crippen molar-refractivity contribution in [3.8, 4) is 0 Å². The average molecular weight is 324 g/mol. The van der Waals surface area contributed by atoms with Crippen LogP contribution in [0.5, 0.6) is 0 Å². The highest BCUT2D eigenvalue weighted by atomic mass is 32.3. The van der Waals surface area contributed by atoms with Crippen molar-refractivity contribution in [2.45, 2.75) is 31.1 Å². The molecular weight excluding hydrogens is 296 g/mol. The molecule has 1 aromatic rings. The largest absolute Gasteiger partial charge is 0.389 e. The molecule has 5 heteroatoms. The fourth-order valence-corrected chi connectivity index (χ4v) is 2.81. The van der Waals surface area contributed by atoms with Gasteiger partial charge in [-0.05, 0) is 56.9 Å². The molecule has 3 N–H and O–H groups in total. The minimum atomic E-state index is -1.80. The molecule has 0 aromatic heterocycles. The molecule has 1 aromatic carbocycles. The number of amides is 1. The number of hydrogen-bond donors (Lipinski definition) is 3. The molecule has 0 aliphatic heterocycles. The third kappa shape index (κ3) is 7.00. The molecule has 0 atom stereocenters. The summed E-state index contributed by atoms with van der Waals surface area (Å²) in [5.74, 6) is -0.0782. The van der Waals surface area contributed by atoms with Crippen LogP contribution in [-0.2, 0) is 0 Å². The van der Waals surface area contributed by atoms with Gasteiger partial charge in [-0.15, -0.1) is 10.3 Å². The summed E-state index contributed by atoms with van der Waals surface area (Å²) in [6.45, 7) is 7.34. The second-order valence-electron chi connectivity index (χ2n) is 5.82. The topological polar surface area (TPSA) is 61.4 Å². The van der Waals surface area contributed by atoms with Crippen LogP contribution in [0.3, 0.4) is 0 Å². The lowest BCUT2D eigenvalue weighted by atomic mass is 10.2. The second-order valence-corrected chi connectivity index (χ2v) is 8.84. The molecule has 1 rings (SSSR count). The van der Waals surface area contributed by atoms with Crippen LogP contribution in [0.4, 0.5) is 0 Å². The lowest BCUT2D eigenvalue weighted by Gasteiger charge is -2.24. The van der Waals surface area contributed by atoms with Crippen LogP contribution in [-0.4, -0.2) is 36.1 Å². The van der Waals surface area contributed by atoms with Gasteiger partial charge in [-0.3, -0.25) is 4.79 Å². The zero-order valence-electron chi connectivity index (χ0n) is 13.8. The van der Waals surface area contributed by atoms with Gasteiger partial charge in [-0.25, -0.2) is 0 Å². The first-order valence-corrected chi connectivity index (χ1v) is 9.95. The van der Waals surface area contributed by atoms with E-state index >= 15 is 0 Å². The minimum absolute atomic E-state index is 0.0782. The van der Waals surface area contributed by atoms with Crippen LogP contribution in [0.25, 0.3) is 0 Å². The molecular formula is C17H28N2O2S. The van der Waals surface area contributed by atoms with E-state index in [1.807, 2.05) is 19.1 Å². The molecule has 22 heavy (non-hydrogen) atoms. The quantitative estimate of drug-likeness (QED) is 0.608. The highest BCUT2D eigenvalue weighted by Crippen LogP contribution is 2.44. The fraction of sp³-hybridized carbons (Fsp3) is 0.471. The van der Waals surface area contributed by atoms with Crippen LogP contribution >= 0.6 is 10.3 Å². The third-order valence-corrected chi connectivity index (χ3v) is 4.65.